The third-order valence-corrected chi connectivity index (χ3v) is 3.86. The van der Waals surface area contributed by atoms with Crippen LogP contribution < -0.4 is 0 Å². The lowest BCUT2D eigenvalue weighted by molar-refractivity contribution is -0.140. The fraction of sp³-hybridized carbons (Fsp3) is 0.692. The van der Waals surface area contributed by atoms with E-state index in [1.54, 1.807) is 13.8 Å². The lowest BCUT2D eigenvalue weighted by atomic mass is 10.1. The van der Waals surface area contributed by atoms with Gasteiger partial charge in [-0.1, -0.05) is 0 Å². The third kappa shape index (κ3) is 5.24. The maximum Gasteiger partial charge on any atom is 0.336 e. The van der Waals surface area contributed by atoms with Crippen molar-refractivity contribution in [3.8, 4) is 0 Å². The number of hydrogen-bond acceptors (Lipinski definition) is 6. The van der Waals surface area contributed by atoms with E-state index in [1.165, 1.54) is 11.8 Å². The van der Waals surface area contributed by atoms with E-state index in [2.05, 4.69) is 4.90 Å². The van der Waals surface area contributed by atoms with E-state index < -0.39 is 0 Å². The molecule has 0 aromatic heterocycles. The van der Waals surface area contributed by atoms with E-state index >= 15 is 0 Å². The maximum absolute atomic E-state index is 11.9. The van der Waals surface area contributed by atoms with Crippen LogP contribution in [0.5, 0.6) is 0 Å². The molecule has 0 saturated heterocycles. The van der Waals surface area contributed by atoms with Crippen molar-refractivity contribution < 1.29 is 19.1 Å². The van der Waals surface area contributed by atoms with Crippen LogP contribution in [0, 0.1) is 0 Å². The second-order valence-electron chi connectivity index (χ2n) is 4.20. The Morgan fingerprint density at radius 1 is 1.26 bits per heavy atom. The van der Waals surface area contributed by atoms with Crippen molar-refractivity contribution in [3.63, 3.8) is 0 Å². The number of nitrogens with zero attached hydrogens (tertiary/aromatic N) is 1. The minimum Gasteiger partial charge on any atom is -0.465 e. The summed E-state index contributed by atoms with van der Waals surface area (Å²) < 4.78 is 9.95. The van der Waals surface area contributed by atoms with Gasteiger partial charge in [0.05, 0.1) is 24.5 Å². The van der Waals surface area contributed by atoms with Gasteiger partial charge in [0.15, 0.2) is 0 Å². The van der Waals surface area contributed by atoms with Crippen molar-refractivity contribution in [2.24, 2.45) is 0 Å². The molecule has 0 amide bonds. The summed E-state index contributed by atoms with van der Waals surface area (Å²) >= 11 is 1.39. The zero-order valence-electron chi connectivity index (χ0n) is 11.7. The second kappa shape index (κ2) is 8.22. The number of ether oxygens (including phenoxy) is 2. The molecule has 0 radical (unpaired) electrons. The highest BCUT2D eigenvalue weighted by Crippen LogP contribution is 2.28. The van der Waals surface area contributed by atoms with Gasteiger partial charge in [-0.3, -0.25) is 4.79 Å². The first-order valence-electron chi connectivity index (χ1n) is 6.44. The molecule has 0 saturated carbocycles. The summed E-state index contributed by atoms with van der Waals surface area (Å²) in [5, 5.41) is 0. The summed E-state index contributed by atoms with van der Waals surface area (Å²) in [7, 11) is 1.96. The van der Waals surface area contributed by atoms with Crippen LogP contribution in [0.4, 0.5) is 0 Å². The van der Waals surface area contributed by atoms with E-state index in [4.69, 9.17) is 9.47 Å². The topological polar surface area (TPSA) is 55.8 Å². The van der Waals surface area contributed by atoms with Crippen molar-refractivity contribution >= 4 is 23.7 Å². The summed E-state index contributed by atoms with van der Waals surface area (Å²) in [5.74, 6) is -0.280. The van der Waals surface area contributed by atoms with Crippen LogP contribution >= 0.6 is 11.8 Å². The molecule has 0 spiro atoms. The van der Waals surface area contributed by atoms with Crippen LogP contribution in [0.1, 0.15) is 20.3 Å². The SMILES string of the molecule is CCOC(=O)CSC1=C(C(=O)OCC)CN(C)CC1. The van der Waals surface area contributed by atoms with E-state index in [0.29, 0.717) is 25.3 Å². The standard InChI is InChI=1S/C13H21NO4S/c1-4-17-12(15)9-19-11-6-7-14(3)8-10(11)13(16)18-5-2/h4-9H2,1-3H3. The molecule has 108 valence electrons. The molecule has 1 aliphatic heterocycles. The highest BCUT2D eigenvalue weighted by molar-refractivity contribution is 8.03. The fourth-order valence-electron chi connectivity index (χ4n) is 1.79. The van der Waals surface area contributed by atoms with Crippen molar-refractivity contribution in [3.05, 3.63) is 10.5 Å². The van der Waals surface area contributed by atoms with E-state index in [1.807, 2.05) is 7.05 Å². The van der Waals surface area contributed by atoms with Gasteiger partial charge in [-0.05, 0) is 32.2 Å². The zero-order valence-corrected chi connectivity index (χ0v) is 12.5. The number of rotatable bonds is 6. The Kier molecular flexibility index (Phi) is 6.94. The molecule has 5 nitrogen and oxygen atoms in total. The number of thioether (sulfide) groups is 1. The highest BCUT2D eigenvalue weighted by atomic mass is 32.2. The van der Waals surface area contributed by atoms with Crippen molar-refractivity contribution in [1.82, 2.24) is 4.90 Å². The molecule has 1 heterocycles. The molecular formula is C13H21NO4S. The first kappa shape index (κ1) is 16.0. The normalized spacial score (nSPS) is 16.4. The van der Waals surface area contributed by atoms with Gasteiger partial charge in [0.1, 0.15) is 0 Å². The van der Waals surface area contributed by atoms with Gasteiger partial charge in [0.25, 0.3) is 0 Å². The van der Waals surface area contributed by atoms with Crippen LogP contribution in [0.25, 0.3) is 0 Å². The molecule has 0 fully saturated rings. The predicted molar refractivity (Wildman–Crippen MR) is 74.9 cm³/mol. The molecule has 19 heavy (non-hydrogen) atoms. The monoisotopic (exact) mass is 287 g/mol. The highest BCUT2D eigenvalue weighted by Gasteiger charge is 2.23. The molecule has 1 aliphatic rings. The average Bonchev–Trinajstić information content (AvgIpc) is 2.38. The average molecular weight is 287 g/mol. The largest absolute Gasteiger partial charge is 0.465 e. The minimum absolute atomic E-state index is 0.246. The van der Waals surface area contributed by atoms with Crippen LogP contribution in [0.2, 0.25) is 0 Å². The van der Waals surface area contributed by atoms with Crippen molar-refractivity contribution in [1.29, 1.82) is 0 Å². The molecule has 6 heteroatoms. The predicted octanol–water partition coefficient (Wildman–Crippen LogP) is 1.44. The van der Waals surface area contributed by atoms with Crippen LogP contribution in [-0.4, -0.2) is 55.9 Å². The fourth-order valence-corrected chi connectivity index (χ4v) is 2.72. The summed E-state index contributed by atoms with van der Waals surface area (Å²) in [6.45, 7) is 5.77. The lowest BCUT2D eigenvalue weighted by Gasteiger charge is -2.26. The van der Waals surface area contributed by atoms with Crippen LogP contribution in [-0.2, 0) is 19.1 Å². The maximum atomic E-state index is 11.9. The summed E-state index contributed by atoms with van der Waals surface area (Å²) in [5.41, 5.74) is 0.671. The number of esters is 2. The van der Waals surface area contributed by atoms with Gasteiger partial charge in [-0.15, -0.1) is 11.8 Å². The minimum atomic E-state index is -0.277. The first-order valence-corrected chi connectivity index (χ1v) is 7.43. The Morgan fingerprint density at radius 2 is 1.95 bits per heavy atom. The van der Waals surface area contributed by atoms with Gasteiger partial charge in [-0.25, -0.2) is 4.79 Å². The van der Waals surface area contributed by atoms with E-state index in [0.717, 1.165) is 17.9 Å². The molecule has 0 N–H and O–H groups in total. The summed E-state index contributed by atoms with van der Waals surface area (Å²) in [6.07, 6.45) is 0.773. The number of carbonyl (C=O) groups excluding carboxylic acids is 2. The molecule has 0 aromatic carbocycles. The Morgan fingerprint density at radius 3 is 2.58 bits per heavy atom. The van der Waals surface area contributed by atoms with Gasteiger partial charge in [0, 0.05) is 13.1 Å². The Hall–Kier alpha value is -1.01. The number of likely N-dealkylation sites (N-methyl/N-ethyl adjacent to an activating group) is 1. The quantitative estimate of drug-likeness (QED) is 0.689. The van der Waals surface area contributed by atoms with E-state index in [-0.39, 0.29) is 17.7 Å². The first-order chi connectivity index (χ1) is 9.08. The molecule has 0 unspecified atom stereocenters. The molecular weight excluding hydrogens is 266 g/mol. The molecule has 1 rings (SSSR count). The molecule has 0 atom stereocenters. The van der Waals surface area contributed by atoms with Gasteiger partial charge in [0.2, 0.25) is 0 Å². The Balaban J connectivity index is 2.69. The molecule has 0 aromatic rings. The number of carbonyl (C=O) groups is 2. The summed E-state index contributed by atoms with van der Waals surface area (Å²) in [6, 6.07) is 0. The van der Waals surface area contributed by atoms with Crippen molar-refractivity contribution in [2.45, 2.75) is 20.3 Å². The van der Waals surface area contributed by atoms with Crippen LogP contribution in [0.15, 0.2) is 10.5 Å². The Labute approximate surface area is 118 Å². The second-order valence-corrected chi connectivity index (χ2v) is 5.27. The van der Waals surface area contributed by atoms with Gasteiger partial charge in [-0.2, -0.15) is 0 Å². The zero-order chi connectivity index (χ0) is 14.3. The van der Waals surface area contributed by atoms with E-state index in [9.17, 15) is 9.59 Å². The van der Waals surface area contributed by atoms with Crippen molar-refractivity contribution in [2.75, 3.05) is 39.1 Å². The third-order valence-electron chi connectivity index (χ3n) is 2.68. The van der Waals surface area contributed by atoms with Gasteiger partial charge < -0.3 is 14.4 Å². The Bertz CT molecular complexity index is 368. The van der Waals surface area contributed by atoms with Crippen LogP contribution in [0.3, 0.4) is 0 Å². The lowest BCUT2D eigenvalue weighted by Crippen LogP contribution is -2.31. The van der Waals surface area contributed by atoms with Gasteiger partial charge >= 0.3 is 11.9 Å². The number of hydrogen-bond donors (Lipinski definition) is 0. The molecule has 0 aliphatic carbocycles. The summed E-state index contributed by atoms with van der Waals surface area (Å²) in [4.78, 5) is 26.3. The smallest absolute Gasteiger partial charge is 0.336 e. The molecule has 0 bridgehead atoms.